The molecule has 33 heavy (non-hydrogen) atoms. The number of fused-ring (bicyclic) bond motifs is 1. The third-order valence-electron chi connectivity index (χ3n) is 8.89. The predicted octanol–water partition coefficient (Wildman–Crippen LogP) is 7.25. The van der Waals surface area contributed by atoms with Gasteiger partial charge in [-0.3, -0.25) is 0 Å². The van der Waals surface area contributed by atoms with Crippen LogP contribution in [0.25, 0.3) is 10.8 Å². The average molecular weight is 444 g/mol. The summed E-state index contributed by atoms with van der Waals surface area (Å²) >= 11 is 0. The maximum absolute atomic E-state index is 13.3. The van der Waals surface area contributed by atoms with Crippen molar-refractivity contribution in [2.75, 3.05) is 0 Å². The van der Waals surface area contributed by atoms with Crippen molar-refractivity contribution in [2.24, 2.45) is 23.2 Å². The lowest BCUT2D eigenvalue weighted by atomic mass is 9.48. The van der Waals surface area contributed by atoms with Crippen LogP contribution in [0.3, 0.4) is 0 Å². The molecule has 1 atom stereocenters. The maximum atomic E-state index is 13.3. The molecule has 0 heterocycles. The van der Waals surface area contributed by atoms with Gasteiger partial charge < -0.3 is 10.1 Å². The molecule has 3 heteroatoms. The molecule has 4 saturated carbocycles. The Balaban J connectivity index is 1.23. The van der Waals surface area contributed by atoms with E-state index in [9.17, 15) is 4.39 Å². The summed E-state index contributed by atoms with van der Waals surface area (Å²) in [6, 6.07) is 19.9. The second-order valence-corrected chi connectivity index (χ2v) is 11.1. The van der Waals surface area contributed by atoms with E-state index in [2.05, 4.69) is 48.6 Å². The van der Waals surface area contributed by atoms with E-state index in [1.165, 1.54) is 67.0 Å². The van der Waals surface area contributed by atoms with Crippen LogP contribution in [0.2, 0.25) is 0 Å². The van der Waals surface area contributed by atoms with Gasteiger partial charge in [0.2, 0.25) is 0 Å². The lowest BCUT2D eigenvalue weighted by molar-refractivity contribution is -0.0706. The Hall–Kier alpha value is -2.39. The summed E-state index contributed by atoms with van der Waals surface area (Å²) in [5, 5.41) is 6.46. The fourth-order valence-corrected chi connectivity index (χ4v) is 7.55. The summed E-state index contributed by atoms with van der Waals surface area (Å²) in [5.74, 6) is 3.60. The molecule has 0 spiro atoms. The van der Waals surface area contributed by atoms with Gasteiger partial charge in [0.25, 0.3) is 0 Å². The molecule has 4 aliphatic carbocycles. The highest BCUT2D eigenvalue weighted by atomic mass is 19.1. The van der Waals surface area contributed by atoms with Gasteiger partial charge in [0.1, 0.15) is 18.2 Å². The molecule has 4 aliphatic rings. The summed E-state index contributed by atoms with van der Waals surface area (Å²) in [7, 11) is 0. The number of nitrogens with one attached hydrogen (secondary N) is 1. The first-order valence-corrected chi connectivity index (χ1v) is 12.7. The van der Waals surface area contributed by atoms with Gasteiger partial charge in [-0.25, -0.2) is 4.39 Å². The number of hydrogen-bond donors (Lipinski definition) is 1. The molecule has 4 bridgehead atoms. The number of rotatable bonds is 7. The third kappa shape index (κ3) is 4.05. The van der Waals surface area contributed by atoms with Crippen LogP contribution in [0.5, 0.6) is 5.75 Å². The van der Waals surface area contributed by atoms with Gasteiger partial charge in [0.05, 0.1) is 0 Å². The van der Waals surface area contributed by atoms with E-state index in [4.69, 9.17) is 4.74 Å². The molecular formula is C30H34FNO. The van der Waals surface area contributed by atoms with Gasteiger partial charge in [-0.1, -0.05) is 42.5 Å². The van der Waals surface area contributed by atoms with Crippen LogP contribution in [0, 0.1) is 29.0 Å². The second-order valence-electron chi connectivity index (χ2n) is 11.1. The largest absolute Gasteiger partial charge is 0.489 e. The molecule has 1 N–H and O–H groups in total. The molecule has 0 aromatic heterocycles. The van der Waals surface area contributed by atoms with Gasteiger partial charge in [-0.05, 0) is 103 Å². The molecule has 172 valence electrons. The number of halogens is 1. The smallest absolute Gasteiger partial charge is 0.124 e. The number of ether oxygens (including phenoxy) is 1. The van der Waals surface area contributed by atoms with Crippen molar-refractivity contribution < 1.29 is 9.13 Å². The summed E-state index contributed by atoms with van der Waals surface area (Å²) in [6.45, 7) is 3.68. The van der Waals surface area contributed by atoms with E-state index >= 15 is 0 Å². The third-order valence-corrected chi connectivity index (χ3v) is 8.89. The minimum atomic E-state index is -0.215. The highest BCUT2D eigenvalue weighted by Crippen LogP contribution is 2.61. The Morgan fingerprint density at radius 3 is 2.27 bits per heavy atom. The Labute approximate surface area is 196 Å². The Morgan fingerprint density at radius 2 is 1.58 bits per heavy atom. The fraction of sp³-hybridized carbons (Fsp3) is 0.467. The van der Waals surface area contributed by atoms with E-state index in [1.54, 1.807) is 12.1 Å². The Kier molecular flexibility index (Phi) is 5.41. The Morgan fingerprint density at radius 1 is 0.909 bits per heavy atom. The molecule has 4 fully saturated rings. The number of hydrogen-bond acceptors (Lipinski definition) is 2. The van der Waals surface area contributed by atoms with Crippen molar-refractivity contribution >= 4 is 10.8 Å². The summed E-state index contributed by atoms with van der Waals surface area (Å²) in [6.07, 6.45) is 8.69. The van der Waals surface area contributed by atoms with Crippen molar-refractivity contribution in [3.05, 3.63) is 77.6 Å². The molecule has 0 unspecified atom stereocenters. The van der Waals surface area contributed by atoms with Gasteiger partial charge >= 0.3 is 0 Å². The highest BCUT2D eigenvalue weighted by molar-refractivity contribution is 5.87. The summed E-state index contributed by atoms with van der Waals surface area (Å²) < 4.78 is 19.6. The second kappa shape index (κ2) is 8.43. The first-order chi connectivity index (χ1) is 16.1. The summed E-state index contributed by atoms with van der Waals surface area (Å²) in [4.78, 5) is 0. The van der Waals surface area contributed by atoms with Crippen molar-refractivity contribution in [2.45, 2.75) is 64.6 Å². The molecule has 7 rings (SSSR count). The van der Waals surface area contributed by atoms with E-state index < -0.39 is 0 Å². The normalized spacial score (nSPS) is 28.8. The number of benzene rings is 3. The Bertz CT molecular complexity index is 1100. The molecule has 3 aromatic carbocycles. The van der Waals surface area contributed by atoms with E-state index in [0.29, 0.717) is 18.1 Å². The first-order valence-electron chi connectivity index (χ1n) is 12.7. The lowest BCUT2D eigenvalue weighted by Crippen LogP contribution is -2.54. The van der Waals surface area contributed by atoms with Crippen molar-refractivity contribution in [3.8, 4) is 5.75 Å². The van der Waals surface area contributed by atoms with Gasteiger partial charge in [-0.15, -0.1) is 0 Å². The van der Waals surface area contributed by atoms with Crippen LogP contribution in [0.4, 0.5) is 4.39 Å². The van der Waals surface area contributed by atoms with E-state index in [1.807, 2.05) is 0 Å². The first kappa shape index (κ1) is 21.2. The monoisotopic (exact) mass is 443 g/mol. The molecule has 0 aliphatic heterocycles. The minimum absolute atomic E-state index is 0.215. The zero-order chi connectivity index (χ0) is 22.4. The van der Waals surface area contributed by atoms with Gasteiger partial charge in [0, 0.05) is 18.2 Å². The van der Waals surface area contributed by atoms with Crippen molar-refractivity contribution in [3.63, 3.8) is 0 Å². The zero-order valence-electron chi connectivity index (χ0n) is 19.5. The molecule has 2 nitrogen and oxygen atoms in total. The van der Waals surface area contributed by atoms with Crippen molar-refractivity contribution in [1.82, 2.24) is 5.32 Å². The molecule has 3 aromatic rings. The fourth-order valence-electron chi connectivity index (χ4n) is 7.55. The van der Waals surface area contributed by atoms with Crippen molar-refractivity contribution in [1.29, 1.82) is 0 Å². The van der Waals surface area contributed by atoms with Crippen LogP contribution < -0.4 is 10.1 Å². The quantitative estimate of drug-likeness (QED) is 0.415. The zero-order valence-corrected chi connectivity index (χ0v) is 19.5. The maximum Gasteiger partial charge on any atom is 0.124 e. The van der Waals surface area contributed by atoms with Crippen LogP contribution >= 0.6 is 0 Å². The van der Waals surface area contributed by atoms with Gasteiger partial charge in [0.15, 0.2) is 0 Å². The predicted molar refractivity (Wildman–Crippen MR) is 132 cm³/mol. The minimum Gasteiger partial charge on any atom is -0.489 e. The lowest BCUT2D eigenvalue weighted by Gasteiger charge is -2.59. The molecule has 0 saturated heterocycles. The van der Waals surface area contributed by atoms with Crippen LogP contribution in [-0.4, -0.2) is 6.04 Å². The van der Waals surface area contributed by atoms with Crippen LogP contribution in [-0.2, 0) is 13.2 Å². The molecule has 0 radical (unpaired) electrons. The topological polar surface area (TPSA) is 21.3 Å². The van der Waals surface area contributed by atoms with Crippen LogP contribution in [0.1, 0.15) is 56.6 Å². The SMILES string of the molecule is C[C@@H](NCc1c(OCc2ccc(F)cc2)ccc2ccccc12)C12CC3CC(CC(C3)C1)C2. The summed E-state index contributed by atoms with van der Waals surface area (Å²) in [5.41, 5.74) is 2.69. The van der Waals surface area contributed by atoms with Gasteiger partial charge in [-0.2, -0.15) is 0 Å². The van der Waals surface area contributed by atoms with E-state index in [0.717, 1.165) is 35.6 Å². The highest BCUT2D eigenvalue weighted by Gasteiger charge is 2.52. The molecule has 0 amide bonds. The average Bonchev–Trinajstić information content (AvgIpc) is 2.81. The standard InChI is InChI=1S/C30H34FNO/c1-20(30-15-22-12-23(16-30)14-24(13-22)17-30)32-18-28-27-5-3-2-4-25(27)8-11-29(28)33-19-21-6-9-26(31)10-7-21/h2-11,20,22-24,32H,12-19H2,1H3/t20-,22?,23?,24?,30?/m1/s1. The van der Waals surface area contributed by atoms with E-state index in [-0.39, 0.29) is 5.82 Å². The molecular weight excluding hydrogens is 409 g/mol. The van der Waals surface area contributed by atoms with Crippen LogP contribution in [0.15, 0.2) is 60.7 Å².